The number of carbonyl (C=O) groups excluding carboxylic acids is 2. The van der Waals surface area contributed by atoms with Crippen LogP contribution >= 0.6 is 0 Å². The molecule has 1 heterocycles. The molecule has 3 heteroatoms. The SMILES string of the molecule is CCC12CCC(C(=O)NC1=O)C2(C)C. The summed E-state index contributed by atoms with van der Waals surface area (Å²) in [6, 6.07) is 0. The second-order valence-electron chi connectivity index (χ2n) is 5.07. The number of nitrogens with one attached hydrogen (secondary N) is 1. The van der Waals surface area contributed by atoms with Gasteiger partial charge in [-0.1, -0.05) is 20.8 Å². The molecule has 2 aliphatic rings. The van der Waals surface area contributed by atoms with Crippen molar-refractivity contribution in [2.75, 3.05) is 0 Å². The minimum absolute atomic E-state index is 0.0279. The van der Waals surface area contributed by atoms with E-state index in [1.165, 1.54) is 0 Å². The van der Waals surface area contributed by atoms with E-state index in [-0.39, 0.29) is 28.6 Å². The summed E-state index contributed by atoms with van der Waals surface area (Å²) in [6.07, 6.45) is 2.55. The van der Waals surface area contributed by atoms with Gasteiger partial charge < -0.3 is 0 Å². The molecular formula is C11H17NO2. The molecule has 1 saturated heterocycles. The molecule has 1 saturated carbocycles. The van der Waals surface area contributed by atoms with Gasteiger partial charge in [0.2, 0.25) is 11.8 Å². The van der Waals surface area contributed by atoms with E-state index in [0.29, 0.717) is 0 Å². The van der Waals surface area contributed by atoms with Crippen molar-refractivity contribution in [2.24, 2.45) is 16.7 Å². The lowest BCUT2D eigenvalue weighted by Crippen LogP contribution is -2.58. The molecule has 2 unspecified atom stereocenters. The molecular weight excluding hydrogens is 178 g/mol. The van der Waals surface area contributed by atoms with Gasteiger partial charge in [0, 0.05) is 5.92 Å². The van der Waals surface area contributed by atoms with Crippen LogP contribution in [0.5, 0.6) is 0 Å². The summed E-state index contributed by atoms with van der Waals surface area (Å²) in [4.78, 5) is 23.5. The smallest absolute Gasteiger partial charge is 0.233 e. The number of hydrogen-bond acceptors (Lipinski definition) is 2. The van der Waals surface area contributed by atoms with Crippen LogP contribution in [0.4, 0.5) is 0 Å². The van der Waals surface area contributed by atoms with Gasteiger partial charge in [-0.15, -0.1) is 0 Å². The Labute approximate surface area is 84.2 Å². The first-order valence-electron chi connectivity index (χ1n) is 5.31. The number of amides is 2. The zero-order chi connectivity index (χ0) is 10.6. The quantitative estimate of drug-likeness (QED) is 0.644. The van der Waals surface area contributed by atoms with E-state index >= 15 is 0 Å². The third-order valence-corrected chi connectivity index (χ3v) is 4.56. The first-order chi connectivity index (χ1) is 6.45. The summed E-state index contributed by atoms with van der Waals surface area (Å²) in [7, 11) is 0. The molecule has 1 aliphatic carbocycles. The normalized spacial score (nSPS) is 39.8. The van der Waals surface area contributed by atoms with Crippen LogP contribution in [0.1, 0.15) is 40.0 Å². The Balaban J connectivity index is 2.51. The fraction of sp³-hybridized carbons (Fsp3) is 0.818. The van der Waals surface area contributed by atoms with Gasteiger partial charge in [0.1, 0.15) is 0 Å². The standard InChI is InChI=1S/C11H17NO2/c1-4-11-6-5-7(10(11,2)3)8(13)12-9(11)14/h7H,4-6H2,1-3H3,(H,12,13,14). The average molecular weight is 195 g/mol. The minimum Gasteiger partial charge on any atom is -0.296 e. The van der Waals surface area contributed by atoms with E-state index in [9.17, 15) is 9.59 Å². The molecule has 2 atom stereocenters. The predicted molar refractivity (Wildman–Crippen MR) is 52.4 cm³/mol. The Bertz CT molecular complexity index is 308. The Kier molecular flexibility index (Phi) is 1.79. The Morgan fingerprint density at radius 3 is 2.64 bits per heavy atom. The van der Waals surface area contributed by atoms with Crippen molar-refractivity contribution in [1.29, 1.82) is 0 Å². The Morgan fingerprint density at radius 1 is 1.43 bits per heavy atom. The maximum Gasteiger partial charge on any atom is 0.233 e. The summed E-state index contributed by atoms with van der Waals surface area (Å²) in [6.45, 7) is 6.16. The zero-order valence-corrected chi connectivity index (χ0v) is 9.02. The van der Waals surface area contributed by atoms with Crippen LogP contribution in [-0.2, 0) is 9.59 Å². The van der Waals surface area contributed by atoms with Crippen LogP contribution in [0, 0.1) is 16.7 Å². The van der Waals surface area contributed by atoms with E-state index in [1.807, 2.05) is 6.92 Å². The number of rotatable bonds is 1. The van der Waals surface area contributed by atoms with Gasteiger partial charge in [-0.25, -0.2) is 0 Å². The van der Waals surface area contributed by atoms with E-state index in [0.717, 1.165) is 19.3 Å². The minimum atomic E-state index is -0.300. The molecule has 2 amide bonds. The van der Waals surface area contributed by atoms with Crippen molar-refractivity contribution >= 4 is 11.8 Å². The second-order valence-corrected chi connectivity index (χ2v) is 5.07. The molecule has 78 valence electrons. The van der Waals surface area contributed by atoms with Crippen molar-refractivity contribution in [3.63, 3.8) is 0 Å². The molecule has 2 fully saturated rings. The summed E-state index contributed by atoms with van der Waals surface area (Å²) in [5.74, 6) is -0.0922. The lowest BCUT2D eigenvalue weighted by atomic mass is 9.60. The number of piperidine rings is 1. The molecule has 0 aromatic rings. The number of hydrogen-bond donors (Lipinski definition) is 1. The van der Waals surface area contributed by atoms with Gasteiger partial charge in [0.15, 0.2) is 0 Å². The highest BCUT2D eigenvalue weighted by molar-refractivity contribution is 6.03. The first kappa shape index (κ1) is 9.69. The van der Waals surface area contributed by atoms with Crippen LogP contribution in [0.25, 0.3) is 0 Å². The fourth-order valence-electron chi connectivity index (χ4n) is 3.38. The molecule has 3 nitrogen and oxygen atoms in total. The van der Waals surface area contributed by atoms with Crippen molar-refractivity contribution in [3.8, 4) is 0 Å². The van der Waals surface area contributed by atoms with Gasteiger partial charge in [-0.3, -0.25) is 14.9 Å². The average Bonchev–Trinajstić information content (AvgIpc) is 2.27. The molecule has 1 N–H and O–H groups in total. The van der Waals surface area contributed by atoms with Crippen molar-refractivity contribution < 1.29 is 9.59 Å². The third-order valence-electron chi connectivity index (χ3n) is 4.56. The molecule has 0 aromatic carbocycles. The maximum absolute atomic E-state index is 11.9. The monoisotopic (exact) mass is 195 g/mol. The molecule has 2 bridgehead atoms. The lowest BCUT2D eigenvalue weighted by molar-refractivity contribution is -0.152. The highest BCUT2D eigenvalue weighted by Gasteiger charge is 2.63. The van der Waals surface area contributed by atoms with Crippen molar-refractivity contribution in [2.45, 2.75) is 40.0 Å². The Morgan fingerprint density at radius 2 is 2.07 bits per heavy atom. The van der Waals surface area contributed by atoms with Crippen LogP contribution in [0.3, 0.4) is 0 Å². The van der Waals surface area contributed by atoms with E-state index in [1.54, 1.807) is 0 Å². The molecule has 2 rings (SSSR count). The highest BCUT2D eigenvalue weighted by Crippen LogP contribution is 2.59. The fourth-order valence-corrected chi connectivity index (χ4v) is 3.38. The largest absolute Gasteiger partial charge is 0.296 e. The van der Waals surface area contributed by atoms with Gasteiger partial charge in [-0.05, 0) is 24.7 Å². The summed E-state index contributed by atoms with van der Waals surface area (Å²) >= 11 is 0. The second kappa shape index (κ2) is 2.59. The summed E-state index contributed by atoms with van der Waals surface area (Å²) in [5.41, 5.74) is -0.466. The summed E-state index contributed by atoms with van der Waals surface area (Å²) in [5, 5.41) is 2.51. The number of imide groups is 1. The van der Waals surface area contributed by atoms with Gasteiger partial charge in [0.25, 0.3) is 0 Å². The summed E-state index contributed by atoms with van der Waals surface area (Å²) < 4.78 is 0. The van der Waals surface area contributed by atoms with Gasteiger partial charge >= 0.3 is 0 Å². The molecule has 14 heavy (non-hydrogen) atoms. The first-order valence-corrected chi connectivity index (χ1v) is 5.31. The van der Waals surface area contributed by atoms with Crippen LogP contribution < -0.4 is 5.32 Å². The number of carbonyl (C=O) groups is 2. The number of fused-ring (bicyclic) bond motifs is 2. The van der Waals surface area contributed by atoms with Crippen molar-refractivity contribution in [3.05, 3.63) is 0 Å². The predicted octanol–water partition coefficient (Wildman–Crippen LogP) is 1.48. The zero-order valence-electron chi connectivity index (χ0n) is 9.02. The lowest BCUT2D eigenvalue weighted by Gasteiger charge is -2.45. The Hall–Kier alpha value is -0.860. The molecule has 0 aromatic heterocycles. The molecule has 0 spiro atoms. The van der Waals surface area contributed by atoms with Crippen molar-refractivity contribution in [1.82, 2.24) is 5.32 Å². The third kappa shape index (κ3) is 0.830. The highest BCUT2D eigenvalue weighted by atomic mass is 16.2. The topological polar surface area (TPSA) is 46.2 Å². The van der Waals surface area contributed by atoms with E-state index < -0.39 is 0 Å². The molecule has 1 aliphatic heterocycles. The van der Waals surface area contributed by atoms with E-state index in [2.05, 4.69) is 19.2 Å². The van der Waals surface area contributed by atoms with Gasteiger partial charge in [0.05, 0.1) is 5.41 Å². The maximum atomic E-state index is 11.9. The molecule has 0 radical (unpaired) electrons. The van der Waals surface area contributed by atoms with Gasteiger partial charge in [-0.2, -0.15) is 0 Å². The van der Waals surface area contributed by atoms with Crippen LogP contribution in [0.15, 0.2) is 0 Å². The van der Waals surface area contributed by atoms with Crippen LogP contribution in [0.2, 0.25) is 0 Å². The van der Waals surface area contributed by atoms with E-state index in [4.69, 9.17) is 0 Å². The van der Waals surface area contributed by atoms with Crippen LogP contribution in [-0.4, -0.2) is 11.8 Å².